The molecule has 0 spiro atoms. The van der Waals surface area contributed by atoms with Crippen LogP contribution in [-0.4, -0.2) is 37.1 Å². The van der Waals surface area contributed by atoms with Crippen LogP contribution in [-0.2, 0) is 0 Å². The van der Waals surface area contributed by atoms with Gasteiger partial charge in [-0.2, -0.15) is 0 Å². The molecule has 2 atom stereocenters. The Morgan fingerprint density at radius 1 is 1.40 bits per heavy atom. The van der Waals surface area contributed by atoms with Gasteiger partial charge in [-0.1, -0.05) is 19.8 Å². The summed E-state index contributed by atoms with van der Waals surface area (Å²) in [7, 11) is 2.05. The highest BCUT2D eigenvalue weighted by Crippen LogP contribution is 2.23. The van der Waals surface area contributed by atoms with Crippen molar-refractivity contribution >= 4 is 0 Å². The molecule has 1 aliphatic rings. The van der Waals surface area contributed by atoms with Gasteiger partial charge in [0, 0.05) is 12.1 Å². The molecule has 0 amide bonds. The Bertz CT molecular complexity index is 157. The zero-order valence-corrected chi connectivity index (χ0v) is 10.8. The molecule has 2 nitrogen and oxygen atoms in total. The summed E-state index contributed by atoms with van der Waals surface area (Å²) in [4.78, 5) is 2.75. The number of nitrogens with zero attached hydrogens (tertiary/aromatic N) is 1. The summed E-state index contributed by atoms with van der Waals surface area (Å²) in [5.41, 5.74) is 0. The van der Waals surface area contributed by atoms with Crippen molar-refractivity contribution in [2.75, 3.05) is 20.1 Å². The molecule has 0 aromatic rings. The van der Waals surface area contributed by atoms with Gasteiger partial charge in [-0.05, 0) is 52.7 Å². The maximum Gasteiger partial charge on any atom is 0.00979 e. The van der Waals surface area contributed by atoms with Gasteiger partial charge in [-0.25, -0.2) is 0 Å². The van der Waals surface area contributed by atoms with E-state index >= 15 is 0 Å². The molecule has 2 heteroatoms. The first kappa shape index (κ1) is 13.0. The summed E-state index contributed by atoms with van der Waals surface area (Å²) in [5, 5.41) is 3.26. The first-order valence-corrected chi connectivity index (χ1v) is 6.70. The van der Waals surface area contributed by atoms with E-state index < -0.39 is 0 Å². The summed E-state index contributed by atoms with van der Waals surface area (Å²) in [6.45, 7) is 7.18. The smallest absolute Gasteiger partial charge is 0.00979 e. The van der Waals surface area contributed by atoms with Crippen LogP contribution in [0.15, 0.2) is 0 Å². The number of hydrogen-bond acceptors (Lipinski definition) is 2. The highest BCUT2D eigenvalue weighted by Gasteiger charge is 2.25. The molecule has 2 unspecified atom stereocenters. The molecular formula is C13H28N2. The Kier molecular flexibility index (Phi) is 6.26. The van der Waals surface area contributed by atoms with Crippen LogP contribution in [0.5, 0.6) is 0 Å². The van der Waals surface area contributed by atoms with Gasteiger partial charge in [-0.3, -0.25) is 4.90 Å². The molecule has 1 rings (SSSR count). The van der Waals surface area contributed by atoms with Gasteiger partial charge < -0.3 is 5.32 Å². The van der Waals surface area contributed by atoms with Gasteiger partial charge in [0.15, 0.2) is 0 Å². The van der Waals surface area contributed by atoms with E-state index in [4.69, 9.17) is 0 Å². The zero-order chi connectivity index (χ0) is 11.1. The molecular weight excluding hydrogens is 184 g/mol. The Balaban J connectivity index is 2.39. The Morgan fingerprint density at radius 3 is 2.87 bits per heavy atom. The van der Waals surface area contributed by atoms with E-state index in [1.165, 1.54) is 45.1 Å². The molecule has 0 bridgehead atoms. The average molecular weight is 212 g/mol. The van der Waals surface area contributed by atoms with Crippen molar-refractivity contribution in [2.24, 2.45) is 0 Å². The molecule has 0 aromatic carbocycles. The molecule has 90 valence electrons. The van der Waals surface area contributed by atoms with Crippen LogP contribution < -0.4 is 5.32 Å². The van der Waals surface area contributed by atoms with Crippen molar-refractivity contribution in [1.29, 1.82) is 0 Å². The van der Waals surface area contributed by atoms with Crippen LogP contribution in [0.2, 0.25) is 0 Å². The third kappa shape index (κ3) is 4.12. The lowest BCUT2D eigenvalue weighted by molar-refractivity contribution is 0.0921. The molecule has 0 saturated carbocycles. The summed E-state index contributed by atoms with van der Waals surface area (Å²) in [5.74, 6) is 0. The summed E-state index contributed by atoms with van der Waals surface area (Å²) in [6, 6.07) is 1.63. The highest BCUT2D eigenvalue weighted by molar-refractivity contribution is 4.80. The second kappa shape index (κ2) is 7.24. The lowest BCUT2D eigenvalue weighted by Gasteiger charge is -2.40. The average Bonchev–Trinajstić information content (AvgIpc) is 2.27. The Labute approximate surface area is 95.4 Å². The Morgan fingerprint density at radius 2 is 2.20 bits per heavy atom. The van der Waals surface area contributed by atoms with Crippen LogP contribution in [0, 0.1) is 0 Å². The fourth-order valence-electron chi connectivity index (χ4n) is 2.77. The second-order valence-electron chi connectivity index (χ2n) is 4.92. The van der Waals surface area contributed by atoms with Crippen LogP contribution >= 0.6 is 0 Å². The van der Waals surface area contributed by atoms with Crippen molar-refractivity contribution in [3.8, 4) is 0 Å². The SMILES string of the molecule is CCCC1CCCCN1C(C)CCNC. The maximum absolute atomic E-state index is 3.26. The van der Waals surface area contributed by atoms with Crippen LogP contribution in [0.25, 0.3) is 0 Å². The Hall–Kier alpha value is -0.0800. The molecule has 0 aliphatic carbocycles. The zero-order valence-electron chi connectivity index (χ0n) is 10.8. The minimum Gasteiger partial charge on any atom is -0.320 e. The van der Waals surface area contributed by atoms with Gasteiger partial charge in [0.1, 0.15) is 0 Å². The van der Waals surface area contributed by atoms with Crippen molar-refractivity contribution in [2.45, 2.75) is 64.5 Å². The topological polar surface area (TPSA) is 15.3 Å². The van der Waals surface area contributed by atoms with Gasteiger partial charge in [0.2, 0.25) is 0 Å². The van der Waals surface area contributed by atoms with E-state index in [2.05, 4.69) is 24.1 Å². The molecule has 1 aliphatic heterocycles. The number of rotatable bonds is 6. The lowest BCUT2D eigenvalue weighted by atomic mass is 9.96. The molecule has 1 fully saturated rings. The third-order valence-electron chi connectivity index (χ3n) is 3.67. The van der Waals surface area contributed by atoms with Gasteiger partial charge in [-0.15, -0.1) is 0 Å². The van der Waals surface area contributed by atoms with Crippen molar-refractivity contribution in [3.05, 3.63) is 0 Å². The fourth-order valence-corrected chi connectivity index (χ4v) is 2.77. The predicted molar refractivity (Wildman–Crippen MR) is 67.3 cm³/mol. The van der Waals surface area contributed by atoms with Crippen molar-refractivity contribution in [1.82, 2.24) is 10.2 Å². The van der Waals surface area contributed by atoms with Crippen LogP contribution in [0.4, 0.5) is 0 Å². The highest BCUT2D eigenvalue weighted by atomic mass is 15.2. The number of hydrogen-bond donors (Lipinski definition) is 1. The van der Waals surface area contributed by atoms with Crippen molar-refractivity contribution < 1.29 is 0 Å². The minimum atomic E-state index is 0.759. The van der Waals surface area contributed by atoms with E-state index in [-0.39, 0.29) is 0 Å². The third-order valence-corrected chi connectivity index (χ3v) is 3.67. The number of piperidine rings is 1. The van der Waals surface area contributed by atoms with Crippen molar-refractivity contribution in [3.63, 3.8) is 0 Å². The summed E-state index contributed by atoms with van der Waals surface area (Å²) in [6.07, 6.45) is 8.29. The first-order chi connectivity index (χ1) is 7.29. The number of likely N-dealkylation sites (tertiary alicyclic amines) is 1. The molecule has 0 aromatic heterocycles. The molecule has 1 saturated heterocycles. The first-order valence-electron chi connectivity index (χ1n) is 6.70. The van der Waals surface area contributed by atoms with E-state index in [9.17, 15) is 0 Å². The molecule has 0 radical (unpaired) electrons. The number of nitrogens with one attached hydrogen (secondary N) is 1. The van der Waals surface area contributed by atoms with Crippen LogP contribution in [0.3, 0.4) is 0 Å². The minimum absolute atomic E-state index is 0.759. The van der Waals surface area contributed by atoms with E-state index in [1.54, 1.807) is 0 Å². The van der Waals surface area contributed by atoms with E-state index in [0.717, 1.165) is 18.6 Å². The largest absolute Gasteiger partial charge is 0.320 e. The fraction of sp³-hybridized carbons (Fsp3) is 1.00. The monoisotopic (exact) mass is 212 g/mol. The van der Waals surface area contributed by atoms with Gasteiger partial charge >= 0.3 is 0 Å². The molecule has 1 heterocycles. The standard InChI is InChI=1S/C13H28N2/c1-4-7-13-8-5-6-11-15(13)12(2)9-10-14-3/h12-14H,4-11H2,1-3H3. The van der Waals surface area contributed by atoms with Crippen LogP contribution in [0.1, 0.15) is 52.4 Å². The lowest BCUT2D eigenvalue weighted by Crippen LogP contribution is -2.45. The normalized spacial score (nSPS) is 25.4. The quantitative estimate of drug-likeness (QED) is 0.728. The van der Waals surface area contributed by atoms with Gasteiger partial charge in [0.05, 0.1) is 0 Å². The summed E-state index contributed by atoms with van der Waals surface area (Å²) < 4.78 is 0. The van der Waals surface area contributed by atoms with E-state index in [0.29, 0.717) is 0 Å². The van der Waals surface area contributed by atoms with E-state index in [1.807, 2.05) is 7.05 Å². The maximum atomic E-state index is 3.26. The molecule has 15 heavy (non-hydrogen) atoms. The van der Waals surface area contributed by atoms with Gasteiger partial charge in [0.25, 0.3) is 0 Å². The summed E-state index contributed by atoms with van der Waals surface area (Å²) >= 11 is 0. The molecule has 1 N–H and O–H groups in total. The predicted octanol–water partition coefficient (Wildman–Crippen LogP) is 2.64. The second-order valence-corrected chi connectivity index (χ2v) is 4.92.